The average Bonchev–Trinajstić information content (AvgIpc) is 3.07. The minimum Gasteiger partial charge on any atom is -0.352 e. The van der Waals surface area contributed by atoms with E-state index in [0.717, 1.165) is 66.6 Å². The molecule has 1 saturated heterocycles. The summed E-state index contributed by atoms with van der Waals surface area (Å²) in [6, 6.07) is 10.4. The zero-order valence-corrected chi connectivity index (χ0v) is 20.9. The number of hydrogen-bond acceptors (Lipinski definition) is 6. The maximum atomic E-state index is 12.8. The standard InChI is InChI=1S/C26H35N7O/c1-18-13-19(2)29-26(28-18)33-21(4)24(20(3)30-33)15-25(34)27-16-22-7-6-8-23(14-22)17-32-11-9-31(5)10-12-32/h6-8,13-14H,9-12,15-17H2,1-5H3,(H,27,34). The Kier molecular flexibility index (Phi) is 7.38. The van der Waals surface area contributed by atoms with Crippen LogP contribution in [0.4, 0.5) is 0 Å². The number of aromatic nitrogens is 4. The Balaban J connectivity index is 1.37. The van der Waals surface area contributed by atoms with Gasteiger partial charge in [0.15, 0.2) is 0 Å². The number of piperazine rings is 1. The summed E-state index contributed by atoms with van der Waals surface area (Å²) in [6.07, 6.45) is 0.281. The van der Waals surface area contributed by atoms with Crippen molar-refractivity contribution in [1.82, 2.24) is 34.9 Å². The molecule has 1 fully saturated rings. The van der Waals surface area contributed by atoms with E-state index in [1.807, 2.05) is 33.8 Å². The van der Waals surface area contributed by atoms with Gasteiger partial charge in [-0.25, -0.2) is 14.6 Å². The Morgan fingerprint density at radius 1 is 0.971 bits per heavy atom. The fraction of sp³-hybridized carbons (Fsp3) is 0.462. The van der Waals surface area contributed by atoms with E-state index in [1.165, 1.54) is 5.56 Å². The molecule has 2 aromatic heterocycles. The van der Waals surface area contributed by atoms with Gasteiger partial charge in [0, 0.05) is 61.9 Å². The number of carbonyl (C=O) groups excluding carboxylic acids is 1. The zero-order valence-electron chi connectivity index (χ0n) is 20.9. The first kappa shape index (κ1) is 24.0. The zero-order chi connectivity index (χ0) is 24.2. The second-order valence-electron chi connectivity index (χ2n) is 9.36. The molecule has 34 heavy (non-hydrogen) atoms. The summed E-state index contributed by atoms with van der Waals surface area (Å²) in [6.45, 7) is 13.7. The van der Waals surface area contributed by atoms with Crippen molar-refractivity contribution < 1.29 is 4.79 Å². The van der Waals surface area contributed by atoms with E-state index >= 15 is 0 Å². The highest BCUT2D eigenvalue weighted by Crippen LogP contribution is 2.17. The van der Waals surface area contributed by atoms with E-state index in [-0.39, 0.29) is 12.3 Å². The molecule has 1 amide bonds. The van der Waals surface area contributed by atoms with Crippen LogP contribution >= 0.6 is 0 Å². The van der Waals surface area contributed by atoms with Gasteiger partial charge in [-0.05, 0) is 51.9 Å². The molecule has 8 nitrogen and oxygen atoms in total. The maximum Gasteiger partial charge on any atom is 0.251 e. The second-order valence-corrected chi connectivity index (χ2v) is 9.36. The fourth-order valence-corrected chi connectivity index (χ4v) is 4.45. The van der Waals surface area contributed by atoms with Crippen molar-refractivity contribution in [2.24, 2.45) is 0 Å². The molecule has 180 valence electrons. The number of benzene rings is 1. The van der Waals surface area contributed by atoms with Crippen LogP contribution in [0.2, 0.25) is 0 Å². The Morgan fingerprint density at radius 2 is 1.65 bits per heavy atom. The van der Waals surface area contributed by atoms with Crippen LogP contribution in [-0.4, -0.2) is 68.7 Å². The first-order valence-electron chi connectivity index (χ1n) is 11.9. The van der Waals surface area contributed by atoms with Gasteiger partial charge in [0.05, 0.1) is 12.1 Å². The minimum absolute atomic E-state index is 0.0171. The number of likely N-dealkylation sites (N-methyl/N-ethyl adjacent to an activating group) is 1. The third kappa shape index (κ3) is 5.87. The third-order valence-corrected chi connectivity index (χ3v) is 6.42. The van der Waals surface area contributed by atoms with Gasteiger partial charge < -0.3 is 10.2 Å². The molecule has 0 aliphatic carbocycles. The molecular weight excluding hydrogens is 426 g/mol. The predicted molar refractivity (Wildman–Crippen MR) is 133 cm³/mol. The van der Waals surface area contributed by atoms with E-state index in [2.05, 4.69) is 61.5 Å². The summed E-state index contributed by atoms with van der Waals surface area (Å²) >= 11 is 0. The molecule has 8 heteroatoms. The first-order chi connectivity index (χ1) is 16.3. The van der Waals surface area contributed by atoms with Crippen LogP contribution in [0, 0.1) is 27.7 Å². The van der Waals surface area contributed by atoms with Crippen LogP contribution in [0.3, 0.4) is 0 Å². The first-order valence-corrected chi connectivity index (χ1v) is 11.9. The lowest BCUT2D eigenvalue weighted by molar-refractivity contribution is -0.120. The lowest BCUT2D eigenvalue weighted by Gasteiger charge is -2.32. The number of carbonyl (C=O) groups is 1. The van der Waals surface area contributed by atoms with Gasteiger partial charge in [0.25, 0.3) is 5.95 Å². The lowest BCUT2D eigenvalue weighted by Crippen LogP contribution is -2.43. The molecule has 1 aliphatic heterocycles. The van der Waals surface area contributed by atoms with Crippen molar-refractivity contribution in [3.63, 3.8) is 0 Å². The van der Waals surface area contributed by atoms with Gasteiger partial charge in [-0.2, -0.15) is 5.10 Å². The third-order valence-electron chi connectivity index (χ3n) is 6.42. The largest absolute Gasteiger partial charge is 0.352 e. The van der Waals surface area contributed by atoms with Crippen molar-refractivity contribution in [3.8, 4) is 5.95 Å². The van der Waals surface area contributed by atoms with E-state index in [4.69, 9.17) is 0 Å². The number of hydrogen-bond donors (Lipinski definition) is 1. The highest BCUT2D eigenvalue weighted by Gasteiger charge is 2.18. The summed E-state index contributed by atoms with van der Waals surface area (Å²) < 4.78 is 1.74. The van der Waals surface area contributed by atoms with Crippen LogP contribution in [0.15, 0.2) is 30.3 Å². The number of nitrogens with one attached hydrogen (secondary N) is 1. The molecule has 1 aliphatic rings. The van der Waals surface area contributed by atoms with Gasteiger partial charge in [-0.1, -0.05) is 24.3 Å². The summed E-state index contributed by atoms with van der Waals surface area (Å²) in [5.41, 5.74) is 6.83. The van der Waals surface area contributed by atoms with Gasteiger partial charge >= 0.3 is 0 Å². The van der Waals surface area contributed by atoms with Crippen molar-refractivity contribution in [2.45, 2.75) is 47.2 Å². The SMILES string of the molecule is Cc1cc(C)nc(-n2nc(C)c(CC(=O)NCc3cccc(CN4CCN(C)CC4)c3)c2C)n1. The molecule has 0 radical (unpaired) electrons. The summed E-state index contributed by atoms with van der Waals surface area (Å²) in [7, 11) is 2.17. The Bertz CT molecular complexity index is 1140. The molecule has 1 aromatic carbocycles. The number of nitrogens with zero attached hydrogens (tertiary/aromatic N) is 6. The van der Waals surface area contributed by atoms with E-state index in [9.17, 15) is 4.79 Å². The van der Waals surface area contributed by atoms with Crippen LogP contribution in [-0.2, 0) is 24.3 Å². The Hall–Kier alpha value is -3.10. The van der Waals surface area contributed by atoms with Gasteiger partial charge in [-0.3, -0.25) is 9.69 Å². The van der Waals surface area contributed by atoms with Gasteiger partial charge in [0.1, 0.15) is 0 Å². The van der Waals surface area contributed by atoms with Crippen LogP contribution in [0.1, 0.15) is 39.5 Å². The van der Waals surface area contributed by atoms with Crippen molar-refractivity contribution >= 4 is 5.91 Å². The second kappa shape index (κ2) is 10.4. The van der Waals surface area contributed by atoms with Crippen LogP contribution in [0.25, 0.3) is 5.95 Å². The number of amides is 1. The van der Waals surface area contributed by atoms with E-state index < -0.39 is 0 Å². The molecule has 0 unspecified atom stereocenters. The van der Waals surface area contributed by atoms with Gasteiger partial charge in [0.2, 0.25) is 5.91 Å². The van der Waals surface area contributed by atoms with Crippen molar-refractivity contribution in [1.29, 1.82) is 0 Å². The molecule has 1 N–H and O–H groups in total. The molecule has 4 rings (SSSR count). The highest BCUT2D eigenvalue weighted by atomic mass is 16.1. The molecule has 0 spiro atoms. The monoisotopic (exact) mass is 461 g/mol. The molecular formula is C26H35N7O. The van der Waals surface area contributed by atoms with Crippen molar-refractivity contribution in [3.05, 3.63) is 69.8 Å². The minimum atomic E-state index is -0.0171. The predicted octanol–water partition coefficient (Wildman–Crippen LogP) is 2.50. The fourth-order valence-electron chi connectivity index (χ4n) is 4.45. The number of rotatable bonds is 7. The molecule has 3 heterocycles. The number of aryl methyl sites for hydroxylation is 3. The maximum absolute atomic E-state index is 12.8. The summed E-state index contributed by atoms with van der Waals surface area (Å²) in [5.74, 6) is 0.526. The van der Waals surface area contributed by atoms with E-state index in [0.29, 0.717) is 12.5 Å². The van der Waals surface area contributed by atoms with Crippen LogP contribution < -0.4 is 5.32 Å². The van der Waals surface area contributed by atoms with E-state index in [1.54, 1.807) is 4.68 Å². The Morgan fingerprint density at radius 3 is 2.35 bits per heavy atom. The van der Waals surface area contributed by atoms with Crippen LogP contribution in [0.5, 0.6) is 0 Å². The molecule has 0 saturated carbocycles. The average molecular weight is 462 g/mol. The lowest BCUT2D eigenvalue weighted by atomic mass is 10.1. The smallest absolute Gasteiger partial charge is 0.251 e. The molecule has 0 atom stereocenters. The summed E-state index contributed by atoms with van der Waals surface area (Å²) in [4.78, 5) is 26.7. The topological polar surface area (TPSA) is 79.2 Å². The quantitative estimate of drug-likeness (QED) is 0.583. The van der Waals surface area contributed by atoms with Crippen molar-refractivity contribution in [2.75, 3.05) is 33.2 Å². The Labute approximate surface area is 202 Å². The summed E-state index contributed by atoms with van der Waals surface area (Å²) in [5, 5.41) is 7.69. The highest BCUT2D eigenvalue weighted by molar-refractivity contribution is 5.79. The molecule has 3 aromatic rings. The normalized spacial score (nSPS) is 15.0. The van der Waals surface area contributed by atoms with Gasteiger partial charge in [-0.15, -0.1) is 0 Å². The molecule has 0 bridgehead atoms.